The highest BCUT2D eigenvalue weighted by Crippen LogP contribution is 2.23. The molecule has 0 spiro atoms. The number of benzene rings is 3. The van der Waals surface area contributed by atoms with Crippen LogP contribution >= 0.6 is 0 Å². The molecule has 3 aromatic carbocycles. The molecule has 128 valence electrons. The third-order valence-electron chi connectivity index (χ3n) is 3.82. The van der Waals surface area contributed by atoms with Crippen molar-refractivity contribution in [1.82, 2.24) is 0 Å². The minimum atomic E-state index is -0.899. The lowest BCUT2D eigenvalue weighted by molar-refractivity contribution is 0.0735. The first-order chi connectivity index (χ1) is 12.2. The molecular formula is C20H19NO4. The maximum atomic E-state index is 12.5. The third kappa shape index (κ3) is 4.15. The second-order valence-corrected chi connectivity index (χ2v) is 5.66. The molecular weight excluding hydrogens is 318 g/mol. The van der Waals surface area contributed by atoms with E-state index in [0.29, 0.717) is 17.0 Å². The Kier molecular flexibility index (Phi) is 5.28. The van der Waals surface area contributed by atoms with Crippen LogP contribution in [0.4, 0.5) is 5.69 Å². The number of nitrogens with one attached hydrogen (secondary N) is 1. The van der Waals surface area contributed by atoms with Crippen LogP contribution in [0.25, 0.3) is 10.8 Å². The summed E-state index contributed by atoms with van der Waals surface area (Å²) in [4.78, 5) is 12.5. The lowest BCUT2D eigenvalue weighted by Gasteiger charge is -2.13. The van der Waals surface area contributed by atoms with Crippen LogP contribution < -0.4 is 10.1 Å². The Balaban J connectivity index is 1.78. The fraction of sp³-hybridized carbons (Fsp3) is 0.150. The topological polar surface area (TPSA) is 78.8 Å². The molecule has 0 radical (unpaired) electrons. The van der Waals surface area contributed by atoms with Crippen molar-refractivity contribution in [2.24, 2.45) is 0 Å². The van der Waals surface area contributed by atoms with Crippen molar-refractivity contribution in [2.75, 3.05) is 18.5 Å². The molecule has 0 heterocycles. The molecule has 0 aliphatic carbocycles. The number of carbonyl (C=O) groups is 1. The predicted octanol–water partition coefficient (Wildman–Crippen LogP) is 2.82. The summed E-state index contributed by atoms with van der Waals surface area (Å²) >= 11 is 0. The molecule has 0 fully saturated rings. The number of ether oxygens (including phenoxy) is 1. The van der Waals surface area contributed by atoms with Gasteiger partial charge in [-0.25, -0.2) is 4.79 Å². The number of rotatable bonds is 6. The van der Waals surface area contributed by atoms with Crippen LogP contribution in [0.2, 0.25) is 0 Å². The summed E-state index contributed by atoms with van der Waals surface area (Å²) in [5, 5.41) is 23.4. The van der Waals surface area contributed by atoms with Crippen LogP contribution in [0.5, 0.6) is 5.75 Å². The Bertz CT molecular complexity index is 878. The van der Waals surface area contributed by atoms with Gasteiger partial charge in [-0.15, -0.1) is 0 Å². The van der Waals surface area contributed by atoms with Gasteiger partial charge >= 0.3 is 5.97 Å². The molecule has 0 bridgehead atoms. The molecule has 0 amide bonds. The van der Waals surface area contributed by atoms with Crippen molar-refractivity contribution in [3.63, 3.8) is 0 Å². The summed E-state index contributed by atoms with van der Waals surface area (Å²) in [6, 6.07) is 20.2. The maximum absolute atomic E-state index is 12.5. The molecule has 0 aromatic heterocycles. The minimum absolute atomic E-state index is 0.136. The van der Waals surface area contributed by atoms with Gasteiger partial charge in [0.05, 0.1) is 18.3 Å². The molecule has 25 heavy (non-hydrogen) atoms. The smallest absolute Gasteiger partial charge is 0.345 e. The van der Waals surface area contributed by atoms with Gasteiger partial charge in [0.25, 0.3) is 0 Å². The predicted molar refractivity (Wildman–Crippen MR) is 96.9 cm³/mol. The molecule has 1 unspecified atom stereocenters. The van der Waals surface area contributed by atoms with Crippen molar-refractivity contribution in [1.29, 1.82) is 0 Å². The van der Waals surface area contributed by atoms with Crippen LogP contribution in [-0.2, 0) is 0 Å². The van der Waals surface area contributed by atoms with Gasteiger partial charge in [0.15, 0.2) is 0 Å². The molecule has 0 aliphatic rings. The number of hydrogen-bond donors (Lipinski definition) is 3. The molecule has 5 nitrogen and oxygen atoms in total. The van der Waals surface area contributed by atoms with E-state index in [-0.39, 0.29) is 13.2 Å². The zero-order chi connectivity index (χ0) is 17.6. The number of hydrogen-bond acceptors (Lipinski definition) is 5. The Morgan fingerprint density at radius 3 is 2.52 bits per heavy atom. The minimum Gasteiger partial charge on any atom is -0.423 e. The average molecular weight is 337 g/mol. The third-order valence-corrected chi connectivity index (χ3v) is 3.82. The SMILES string of the molecule is O=C(Oc1ccc2ccccc2c1)c1ccccc1NCC(O)CO. The highest BCUT2D eigenvalue weighted by atomic mass is 16.5. The standard InChI is InChI=1S/C20H19NO4/c22-13-16(23)12-21-19-8-4-3-7-18(19)20(24)25-17-10-9-14-5-1-2-6-15(14)11-17/h1-11,16,21-23H,12-13H2. The maximum Gasteiger partial charge on any atom is 0.345 e. The Labute approximate surface area is 145 Å². The van der Waals surface area contributed by atoms with E-state index >= 15 is 0 Å². The van der Waals surface area contributed by atoms with Gasteiger partial charge in [-0.05, 0) is 35.0 Å². The van der Waals surface area contributed by atoms with Gasteiger partial charge in [-0.3, -0.25) is 0 Å². The van der Waals surface area contributed by atoms with Crippen molar-refractivity contribution in [3.8, 4) is 5.75 Å². The van der Waals surface area contributed by atoms with E-state index in [2.05, 4.69) is 5.32 Å². The fourth-order valence-corrected chi connectivity index (χ4v) is 2.50. The van der Waals surface area contributed by atoms with Gasteiger partial charge in [-0.2, -0.15) is 0 Å². The molecule has 1 atom stereocenters. The first kappa shape index (κ1) is 17.0. The van der Waals surface area contributed by atoms with Crippen LogP contribution in [-0.4, -0.2) is 35.4 Å². The Morgan fingerprint density at radius 1 is 1.00 bits per heavy atom. The molecule has 0 aliphatic heterocycles. The summed E-state index contributed by atoms with van der Waals surface area (Å²) in [6.45, 7) is -0.215. The van der Waals surface area contributed by atoms with E-state index in [0.717, 1.165) is 10.8 Å². The molecule has 3 N–H and O–H groups in total. The van der Waals surface area contributed by atoms with Crippen LogP contribution in [0.1, 0.15) is 10.4 Å². The summed E-state index contributed by atoms with van der Waals surface area (Å²) in [5.74, 6) is -0.0224. The fourth-order valence-electron chi connectivity index (χ4n) is 2.50. The quantitative estimate of drug-likeness (QED) is 0.476. The summed E-state index contributed by atoms with van der Waals surface area (Å²) in [6.07, 6.45) is -0.899. The number of esters is 1. The van der Waals surface area contributed by atoms with Crippen molar-refractivity contribution < 1.29 is 19.7 Å². The van der Waals surface area contributed by atoms with E-state index in [1.54, 1.807) is 30.3 Å². The van der Waals surface area contributed by atoms with Crippen LogP contribution in [0.15, 0.2) is 66.7 Å². The van der Waals surface area contributed by atoms with Crippen LogP contribution in [0, 0.1) is 0 Å². The largest absolute Gasteiger partial charge is 0.423 e. The molecule has 5 heteroatoms. The zero-order valence-electron chi connectivity index (χ0n) is 13.6. The average Bonchev–Trinajstić information content (AvgIpc) is 2.66. The molecule has 3 rings (SSSR count). The van der Waals surface area contributed by atoms with E-state index in [9.17, 15) is 9.90 Å². The Morgan fingerprint density at radius 2 is 1.72 bits per heavy atom. The van der Waals surface area contributed by atoms with Gasteiger partial charge < -0.3 is 20.3 Å². The number of aliphatic hydroxyl groups excluding tert-OH is 2. The zero-order valence-corrected chi connectivity index (χ0v) is 13.6. The number of fused-ring (bicyclic) bond motifs is 1. The van der Waals surface area contributed by atoms with Gasteiger partial charge in [-0.1, -0.05) is 42.5 Å². The second kappa shape index (κ2) is 7.79. The van der Waals surface area contributed by atoms with Crippen molar-refractivity contribution >= 4 is 22.4 Å². The van der Waals surface area contributed by atoms with Crippen molar-refractivity contribution in [2.45, 2.75) is 6.10 Å². The summed E-state index contributed by atoms with van der Waals surface area (Å²) < 4.78 is 5.49. The van der Waals surface area contributed by atoms with E-state index in [1.165, 1.54) is 0 Å². The van der Waals surface area contributed by atoms with Crippen molar-refractivity contribution in [3.05, 3.63) is 72.3 Å². The number of carbonyl (C=O) groups excluding carboxylic acids is 1. The first-order valence-electron chi connectivity index (χ1n) is 8.00. The molecule has 0 saturated heterocycles. The summed E-state index contributed by atoms with van der Waals surface area (Å²) in [5.41, 5.74) is 0.904. The number of anilines is 1. The highest BCUT2D eigenvalue weighted by molar-refractivity contribution is 5.97. The summed E-state index contributed by atoms with van der Waals surface area (Å²) in [7, 11) is 0. The monoisotopic (exact) mass is 337 g/mol. The highest BCUT2D eigenvalue weighted by Gasteiger charge is 2.14. The van der Waals surface area contributed by atoms with Gasteiger partial charge in [0.1, 0.15) is 5.75 Å². The molecule has 0 saturated carbocycles. The first-order valence-corrected chi connectivity index (χ1v) is 8.00. The van der Waals surface area contributed by atoms with E-state index in [1.807, 2.05) is 36.4 Å². The van der Waals surface area contributed by atoms with E-state index in [4.69, 9.17) is 9.84 Å². The van der Waals surface area contributed by atoms with Gasteiger partial charge in [0.2, 0.25) is 0 Å². The second-order valence-electron chi connectivity index (χ2n) is 5.66. The Hall–Kier alpha value is -2.89. The van der Waals surface area contributed by atoms with Crippen LogP contribution in [0.3, 0.4) is 0 Å². The van der Waals surface area contributed by atoms with Gasteiger partial charge in [0, 0.05) is 12.2 Å². The molecule has 3 aromatic rings. The number of aliphatic hydroxyl groups is 2. The van der Waals surface area contributed by atoms with E-state index < -0.39 is 12.1 Å². The normalized spacial score (nSPS) is 11.9. The lowest BCUT2D eigenvalue weighted by atomic mass is 10.1. The lowest BCUT2D eigenvalue weighted by Crippen LogP contribution is -2.24. The number of para-hydroxylation sites is 1.